The van der Waals surface area contributed by atoms with Crippen LogP contribution in [0.1, 0.15) is 25.3 Å². The Hall–Kier alpha value is -1.94. The minimum absolute atomic E-state index is 0.0478. The van der Waals surface area contributed by atoms with Crippen LogP contribution in [0.2, 0.25) is 0 Å². The summed E-state index contributed by atoms with van der Waals surface area (Å²) in [7, 11) is 0. The van der Waals surface area contributed by atoms with Crippen molar-refractivity contribution in [3.63, 3.8) is 0 Å². The Balaban J connectivity index is 1.85. The Morgan fingerprint density at radius 3 is 2.95 bits per heavy atom. The molecule has 0 spiro atoms. The number of rotatable bonds is 7. The zero-order chi connectivity index (χ0) is 14.2. The number of hydrogen-bond donors (Lipinski definition) is 2. The third-order valence-corrected chi connectivity index (χ3v) is 3.17. The number of carbonyl (C=O) groups is 1. The molecule has 20 heavy (non-hydrogen) atoms. The van der Waals surface area contributed by atoms with Crippen molar-refractivity contribution in [2.24, 2.45) is 0 Å². The molecule has 1 amide bonds. The monoisotopic (exact) mass is 271 g/mol. The first-order valence-corrected chi connectivity index (χ1v) is 7.11. The van der Waals surface area contributed by atoms with Gasteiger partial charge in [-0.25, -0.2) is 0 Å². The minimum atomic E-state index is 0.0478. The van der Waals surface area contributed by atoms with Crippen LogP contribution < -0.4 is 10.6 Å². The first-order valence-electron chi connectivity index (χ1n) is 7.11. The largest absolute Gasteiger partial charge is 0.355 e. The predicted molar refractivity (Wildman–Crippen MR) is 81.4 cm³/mol. The van der Waals surface area contributed by atoms with E-state index in [4.69, 9.17) is 0 Å². The summed E-state index contributed by atoms with van der Waals surface area (Å²) in [4.78, 5) is 16.0. The van der Waals surface area contributed by atoms with Crippen LogP contribution in [0, 0.1) is 0 Å². The fourth-order valence-corrected chi connectivity index (χ4v) is 2.09. The van der Waals surface area contributed by atoms with Crippen LogP contribution in [0.4, 0.5) is 0 Å². The van der Waals surface area contributed by atoms with E-state index in [2.05, 4.69) is 22.5 Å². The standard InChI is InChI=1S/C16H21N3O/c1-2-3-9-18-15(20)12-17-11-14-7-4-6-13-8-5-10-19-16(13)14/h4-8,10,17H,2-3,9,11-12H2,1H3,(H,18,20). The van der Waals surface area contributed by atoms with Crippen molar-refractivity contribution >= 4 is 16.8 Å². The maximum absolute atomic E-state index is 11.6. The first kappa shape index (κ1) is 14.5. The zero-order valence-electron chi connectivity index (χ0n) is 11.9. The van der Waals surface area contributed by atoms with Gasteiger partial charge in [0.15, 0.2) is 0 Å². The summed E-state index contributed by atoms with van der Waals surface area (Å²) < 4.78 is 0. The summed E-state index contributed by atoms with van der Waals surface area (Å²) in [6, 6.07) is 10.1. The number of fused-ring (bicyclic) bond motifs is 1. The quantitative estimate of drug-likeness (QED) is 0.759. The summed E-state index contributed by atoms with van der Waals surface area (Å²) >= 11 is 0. The second-order valence-electron chi connectivity index (χ2n) is 4.80. The van der Waals surface area contributed by atoms with Gasteiger partial charge >= 0.3 is 0 Å². The molecule has 106 valence electrons. The average Bonchev–Trinajstić information content (AvgIpc) is 2.48. The van der Waals surface area contributed by atoms with Gasteiger partial charge in [0, 0.05) is 24.7 Å². The van der Waals surface area contributed by atoms with E-state index in [-0.39, 0.29) is 5.91 Å². The molecule has 0 atom stereocenters. The van der Waals surface area contributed by atoms with Gasteiger partial charge < -0.3 is 10.6 Å². The van der Waals surface area contributed by atoms with E-state index >= 15 is 0 Å². The fourth-order valence-electron chi connectivity index (χ4n) is 2.09. The number of benzene rings is 1. The molecular formula is C16H21N3O. The van der Waals surface area contributed by atoms with Crippen molar-refractivity contribution in [1.29, 1.82) is 0 Å². The van der Waals surface area contributed by atoms with Gasteiger partial charge in [0.05, 0.1) is 12.1 Å². The van der Waals surface area contributed by atoms with Gasteiger partial charge in [0.1, 0.15) is 0 Å². The van der Waals surface area contributed by atoms with Crippen LogP contribution in [0.5, 0.6) is 0 Å². The van der Waals surface area contributed by atoms with Crippen LogP contribution in [0.25, 0.3) is 10.9 Å². The zero-order valence-corrected chi connectivity index (χ0v) is 11.9. The van der Waals surface area contributed by atoms with Gasteiger partial charge in [-0.2, -0.15) is 0 Å². The number of unbranched alkanes of at least 4 members (excludes halogenated alkanes) is 1. The van der Waals surface area contributed by atoms with Crippen molar-refractivity contribution in [1.82, 2.24) is 15.6 Å². The van der Waals surface area contributed by atoms with E-state index in [1.54, 1.807) is 6.20 Å². The smallest absolute Gasteiger partial charge is 0.233 e. The van der Waals surface area contributed by atoms with Crippen LogP contribution in [-0.4, -0.2) is 24.0 Å². The molecule has 0 saturated heterocycles. The van der Waals surface area contributed by atoms with E-state index in [1.807, 2.05) is 30.3 Å². The summed E-state index contributed by atoms with van der Waals surface area (Å²) in [5.41, 5.74) is 2.11. The lowest BCUT2D eigenvalue weighted by Gasteiger charge is -2.08. The number of hydrogen-bond acceptors (Lipinski definition) is 3. The van der Waals surface area contributed by atoms with Gasteiger partial charge in [-0.15, -0.1) is 0 Å². The molecule has 4 nitrogen and oxygen atoms in total. The molecule has 4 heteroatoms. The topological polar surface area (TPSA) is 54.0 Å². The highest BCUT2D eigenvalue weighted by atomic mass is 16.1. The molecule has 0 saturated carbocycles. The molecule has 1 heterocycles. The maximum atomic E-state index is 11.6. The number of aromatic nitrogens is 1. The number of pyridine rings is 1. The van der Waals surface area contributed by atoms with Gasteiger partial charge in [-0.3, -0.25) is 9.78 Å². The van der Waals surface area contributed by atoms with Crippen LogP contribution in [0.3, 0.4) is 0 Å². The Labute approximate surface area is 119 Å². The first-order chi connectivity index (χ1) is 9.81. The lowest BCUT2D eigenvalue weighted by molar-refractivity contribution is -0.120. The molecule has 0 aliphatic rings. The molecule has 0 radical (unpaired) electrons. The lowest BCUT2D eigenvalue weighted by Crippen LogP contribution is -2.34. The second-order valence-corrected chi connectivity index (χ2v) is 4.80. The van der Waals surface area contributed by atoms with Crippen LogP contribution >= 0.6 is 0 Å². The minimum Gasteiger partial charge on any atom is -0.355 e. The fraction of sp³-hybridized carbons (Fsp3) is 0.375. The summed E-state index contributed by atoms with van der Waals surface area (Å²) in [6.45, 7) is 3.85. The molecule has 0 unspecified atom stereocenters. The predicted octanol–water partition coefficient (Wildman–Crippen LogP) is 2.24. The summed E-state index contributed by atoms with van der Waals surface area (Å²) in [5, 5.41) is 7.18. The Bertz CT molecular complexity index is 563. The van der Waals surface area contributed by atoms with E-state index in [0.29, 0.717) is 13.1 Å². The highest BCUT2D eigenvalue weighted by molar-refractivity contribution is 5.81. The van der Waals surface area contributed by atoms with Crippen LogP contribution in [-0.2, 0) is 11.3 Å². The average molecular weight is 271 g/mol. The molecule has 2 aromatic rings. The van der Waals surface area contributed by atoms with E-state index in [9.17, 15) is 4.79 Å². The third-order valence-electron chi connectivity index (χ3n) is 3.17. The second kappa shape index (κ2) is 7.60. The molecule has 2 rings (SSSR count). The van der Waals surface area contributed by atoms with Crippen molar-refractivity contribution in [2.75, 3.05) is 13.1 Å². The van der Waals surface area contributed by atoms with E-state index in [0.717, 1.165) is 35.9 Å². The molecule has 1 aromatic carbocycles. The molecule has 0 bridgehead atoms. The Kier molecular flexibility index (Phi) is 5.50. The van der Waals surface area contributed by atoms with Crippen molar-refractivity contribution in [2.45, 2.75) is 26.3 Å². The molecule has 0 aliphatic heterocycles. The Morgan fingerprint density at radius 1 is 1.25 bits per heavy atom. The number of carbonyl (C=O) groups excluding carboxylic acids is 1. The molecule has 0 fully saturated rings. The van der Waals surface area contributed by atoms with Gasteiger partial charge in [0.25, 0.3) is 0 Å². The number of para-hydroxylation sites is 1. The third kappa shape index (κ3) is 4.03. The molecule has 1 aromatic heterocycles. The van der Waals surface area contributed by atoms with E-state index < -0.39 is 0 Å². The van der Waals surface area contributed by atoms with Crippen molar-refractivity contribution in [3.05, 3.63) is 42.1 Å². The summed E-state index contributed by atoms with van der Waals surface area (Å²) in [6.07, 6.45) is 3.91. The maximum Gasteiger partial charge on any atom is 0.233 e. The van der Waals surface area contributed by atoms with Gasteiger partial charge in [-0.1, -0.05) is 37.6 Å². The molecule has 0 aliphatic carbocycles. The van der Waals surface area contributed by atoms with Gasteiger partial charge in [-0.05, 0) is 18.1 Å². The lowest BCUT2D eigenvalue weighted by atomic mass is 10.1. The number of nitrogens with one attached hydrogen (secondary N) is 2. The number of amides is 1. The van der Waals surface area contributed by atoms with Crippen LogP contribution in [0.15, 0.2) is 36.5 Å². The SMILES string of the molecule is CCCCNC(=O)CNCc1cccc2cccnc12. The summed E-state index contributed by atoms with van der Waals surface area (Å²) in [5.74, 6) is 0.0478. The highest BCUT2D eigenvalue weighted by Gasteiger charge is 2.03. The Morgan fingerprint density at radius 2 is 2.10 bits per heavy atom. The molecule has 2 N–H and O–H groups in total. The van der Waals surface area contributed by atoms with E-state index in [1.165, 1.54) is 0 Å². The normalized spacial score (nSPS) is 10.7. The highest BCUT2D eigenvalue weighted by Crippen LogP contribution is 2.15. The van der Waals surface area contributed by atoms with Crippen molar-refractivity contribution < 1.29 is 4.79 Å². The number of nitrogens with zero attached hydrogens (tertiary/aromatic N) is 1. The van der Waals surface area contributed by atoms with Gasteiger partial charge in [0.2, 0.25) is 5.91 Å². The van der Waals surface area contributed by atoms with Crippen molar-refractivity contribution in [3.8, 4) is 0 Å². The molecular weight excluding hydrogens is 250 g/mol.